The van der Waals surface area contributed by atoms with Crippen LogP contribution in [0.2, 0.25) is 0 Å². The van der Waals surface area contributed by atoms with Crippen molar-refractivity contribution in [1.82, 2.24) is 14.8 Å². The van der Waals surface area contributed by atoms with Crippen LogP contribution in [0.3, 0.4) is 0 Å². The number of nitrogens with zero attached hydrogens (tertiary/aromatic N) is 3. The van der Waals surface area contributed by atoms with Crippen LogP contribution in [0.1, 0.15) is 17.4 Å². The van der Waals surface area contributed by atoms with E-state index in [1.165, 1.54) is 12.1 Å². The molecule has 4 rings (SSSR count). The lowest BCUT2D eigenvalue weighted by Gasteiger charge is -2.26. The lowest BCUT2D eigenvalue weighted by Crippen LogP contribution is -2.21. The van der Waals surface area contributed by atoms with Crippen molar-refractivity contribution in [1.29, 1.82) is 0 Å². The van der Waals surface area contributed by atoms with E-state index in [0.717, 1.165) is 33.1 Å². The molecule has 1 aromatic heterocycles. The molecule has 28 heavy (non-hydrogen) atoms. The number of methoxy groups -OCH3 is 2. The Morgan fingerprint density at radius 3 is 2.57 bits per heavy atom. The van der Waals surface area contributed by atoms with Gasteiger partial charge in [0.2, 0.25) is 5.95 Å². The van der Waals surface area contributed by atoms with Crippen LogP contribution in [0, 0.1) is 5.82 Å². The monoisotopic (exact) mass is 464 g/mol. The predicted molar refractivity (Wildman–Crippen MR) is 111 cm³/mol. The van der Waals surface area contributed by atoms with Gasteiger partial charge in [0.15, 0.2) is 11.5 Å². The summed E-state index contributed by atoms with van der Waals surface area (Å²) in [6.45, 7) is 0. The Kier molecular flexibility index (Phi) is 5.45. The van der Waals surface area contributed by atoms with Crippen molar-refractivity contribution in [3.63, 3.8) is 0 Å². The van der Waals surface area contributed by atoms with E-state index < -0.39 is 0 Å². The molecule has 0 fully saturated rings. The van der Waals surface area contributed by atoms with Crippen molar-refractivity contribution in [2.24, 2.45) is 0 Å². The molecule has 3 aromatic rings. The summed E-state index contributed by atoms with van der Waals surface area (Å²) in [5, 5.41) is 12.0. The molecule has 0 amide bonds. The Morgan fingerprint density at radius 1 is 1.14 bits per heavy atom. The van der Waals surface area contributed by atoms with Crippen LogP contribution in [0.25, 0.3) is 0 Å². The number of hydrogen-bond acceptors (Lipinski definition) is 6. The summed E-state index contributed by atoms with van der Waals surface area (Å²) >= 11 is 5.35. The number of fused-ring (bicyclic) bond motifs is 1. The largest absolute Gasteiger partial charge is 0.493 e. The topological polar surface area (TPSA) is 61.2 Å². The van der Waals surface area contributed by atoms with Crippen molar-refractivity contribution in [3.05, 3.63) is 58.1 Å². The van der Waals surface area contributed by atoms with Crippen molar-refractivity contribution in [3.8, 4) is 11.5 Å². The smallest absolute Gasteiger partial charge is 0.229 e. The third-order valence-electron chi connectivity index (χ3n) is 4.56. The summed E-state index contributed by atoms with van der Waals surface area (Å²) in [7, 11) is 3.19. The lowest BCUT2D eigenvalue weighted by molar-refractivity contribution is 0.355. The summed E-state index contributed by atoms with van der Waals surface area (Å²) in [5.74, 6) is 4.13. The number of rotatable bonds is 5. The highest BCUT2D eigenvalue weighted by atomic mass is 79.9. The second kappa shape index (κ2) is 8.00. The first-order valence-corrected chi connectivity index (χ1v) is 10.5. The second-order valence-corrected chi connectivity index (χ2v) is 8.09. The van der Waals surface area contributed by atoms with E-state index in [0.29, 0.717) is 17.4 Å². The number of halogens is 2. The summed E-state index contributed by atoms with van der Waals surface area (Å²) in [5.41, 5.74) is 1.80. The van der Waals surface area contributed by atoms with Crippen LogP contribution in [0.5, 0.6) is 11.5 Å². The molecule has 1 atom stereocenters. The molecule has 0 spiro atoms. The molecule has 1 N–H and O–H groups in total. The van der Waals surface area contributed by atoms with Gasteiger partial charge in [-0.25, -0.2) is 4.39 Å². The van der Waals surface area contributed by atoms with Crippen LogP contribution in [-0.2, 0) is 5.75 Å². The van der Waals surface area contributed by atoms with Gasteiger partial charge >= 0.3 is 0 Å². The van der Waals surface area contributed by atoms with Gasteiger partial charge in [0.1, 0.15) is 11.6 Å². The van der Waals surface area contributed by atoms with Crippen LogP contribution in [-0.4, -0.2) is 34.7 Å². The summed E-state index contributed by atoms with van der Waals surface area (Å²) < 4.78 is 27.0. The molecule has 2 heterocycles. The Hall–Kier alpha value is -2.26. The zero-order valence-corrected chi connectivity index (χ0v) is 17.7. The Bertz CT molecular complexity index is 996. The van der Waals surface area contributed by atoms with Crippen LogP contribution < -0.4 is 14.8 Å². The maximum absolute atomic E-state index is 13.4. The first-order chi connectivity index (χ1) is 13.6. The summed E-state index contributed by atoms with van der Waals surface area (Å²) in [4.78, 5) is 0. The predicted octanol–water partition coefficient (Wildman–Crippen LogP) is 4.78. The Labute approximate surface area is 174 Å². The van der Waals surface area contributed by atoms with Gasteiger partial charge < -0.3 is 14.8 Å². The first kappa shape index (κ1) is 19.1. The quantitative estimate of drug-likeness (QED) is 0.586. The number of nitrogens with one attached hydrogen (secondary N) is 1. The highest BCUT2D eigenvalue weighted by Gasteiger charge is 2.27. The minimum Gasteiger partial charge on any atom is -0.493 e. The Balaban J connectivity index is 1.71. The molecule has 0 aliphatic carbocycles. The average Bonchev–Trinajstić information content (AvgIpc) is 3.13. The Morgan fingerprint density at radius 2 is 1.86 bits per heavy atom. The maximum Gasteiger partial charge on any atom is 0.229 e. The molecule has 0 radical (unpaired) electrons. The zero-order chi connectivity index (χ0) is 19.7. The van der Waals surface area contributed by atoms with Gasteiger partial charge in [-0.1, -0.05) is 12.1 Å². The number of ether oxygens (including phenoxy) is 2. The van der Waals surface area contributed by atoms with Crippen molar-refractivity contribution < 1.29 is 13.9 Å². The molecule has 2 aromatic carbocycles. The van der Waals surface area contributed by atoms with Crippen molar-refractivity contribution in [2.45, 2.75) is 11.8 Å². The molecule has 1 aliphatic heterocycles. The third kappa shape index (κ3) is 3.56. The van der Waals surface area contributed by atoms with Gasteiger partial charge in [0, 0.05) is 22.4 Å². The number of anilines is 2. The van der Waals surface area contributed by atoms with Crippen LogP contribution in [0.15, 0.2) is 40.9 Å². The molecular formula is C19H18BrFN4O2S. The molecule has 146 valence electrons. The highest BCUT2D eigenvalue weighted by molar-refractivity contribution is 9.10. The van der Waals surface area contributed by atoms with Gasteiger partial charge in [-0.2, -0.15) is 11.8 Å². The zero-order valence-electron chi connectivity index (χ0n) is 15.3. The molecule has 6 nitrogen and oxygen atoms in total. The SMILES string of the molecule is COc1cc(Br)c(Nc2nnc3n2C(c2ccc(F)cc2)CSC3)cc1OC. The van der Waals surface area contributed by atoms with Gasteiger partial charge in [-0.3, -0.25) is 4.57 Å². The van der Waals surface area contributed by atoms with Gasteiger partial charge in [-0.15, -0.1) is 10.2 Å². The van der Waals surface area contributed by atoms with E-state index in [-0.39, 0.29) is 11.9 Å². The average molecular weight is 465 g/mol. The van der Waals surface area contributed by atoms with Crippen LogP contribution >= 0.6 is 27.7 Å². The normalized spacial score (nSPS) is 15.8. The molecule has 0 saturated heterocycles. The number of benzene rings is 2. The highest BCUT2D eigenvalue weighted by Crippen LogP contribution is 2.39. The van der Waals surface area contributed by atoms with E-state index in [1.807, 2.05) is 24.3 Å². The fraction of sp³-hybridized carbons (Fsp3) is 0.263. The van der Waals surface area contributed by atoms with Gasteiger partial charge in [0.25, 0.3) is 0 Å². The summed E-state index contributed by atoms with van der Waals surface area (Å²) in [6.07, 6.45) is 0. The van der Waals surface area contributed by atoms with Crippen LogP contribution in [0.4, 0.5) is 16.0 Å². The number of aromatic nitrogens is 3. The minimum atomic E-state index is -0.246. The van der Waals surface area contributed by atoms with Crippen molar-refractivity contribution >= 4 is 39.3 Å². The fourth-order valence-corrected chi connectivity index (χ4v) is 4.66. The van der Waals surface area contributed by atoms with E-state index in [9.17, 15) is 4.39 Å². The van der Waals surface area contributed by atoms with Gasteiger partial charge in [-0.05, 0) is 33.6 Å². The molecule has 0 bridgehead atoms. The maximum atomic E-state index is 13.4. The molecule has 0 saturated carbocycles. The van der Waals surface area contributed by atoms with E-state index in [4.69, 9.17) is 9.47 Å². The van der Waals surface area contributed by atoms with Gasteiger partial charge in [0.05, 0.1) is 31.7 Å². The molecule has 1 aliphatic rings. The second-order valence-electron chi connectivity index (χ2n) is 6.20. The number of hydrogen-bond donors (Lipinski definition) is 1. The van der Waals surface area contributed by atoms with E-state index >= 15 is 0 Å². The first-order valence-electron chi connectivity index (χ1n) is 8.56. The minimum absolute atomic E-state index is 0.0192. The molecule has 1 unspecified atom stereocenters. The standard InChI is InChI=1S/C19H18BrFN4O2S/c1-26-16-7-13(20)14(8-17(16)27-2)22-19-24-23-18-10-28-9-15(25(18)19)11-3-5-12(21)6-4-11/h3-8,15H,9-10H2,1-2H3,(H,22,24). The molecular weight excluding hydrogens is 447 g/mol. The van der Waals surface area contributed by atoms with E-state index in [2.05, 4.69) is 36.0 Å². The number of thioether (sulfide) groups is 1. The lowest BCUT2D eigenvalue weighted by atomic mass is 10.1. The third-order valence-corrected chi connectivity index (χ3v) is 6.23. The fourth-order valence-electron chi connectivity index (χ4n) is 3.17. The summed E-state index contributed by atoms with van der Waals surface area (Å²) in [6, 6.07) is 10.3. The molecule has 9 heteroatoms. The van der Waals surface area contributed by atoms with Crippen molar-refractivity contribution in [2.75, 3.05) is 25.3 Å². The van der Waals surface area contributed by atoms with E-state index in [1.54, 1.807) is 26.0 Å².